The van der Waals surface area contributed by atoms with Crippen LogP contribution in [0.2, 0.25) is 0 Å². The van der Waals surface area contributed by atoms with Crippen molar-refractivity contribution in [2.24, 2.45) is 5.73 Å². The molecule has 0 aromatic carbocycles. The third-order valence-corrected chi connectivity index (χ3v) is 2.05. The van der Waals surface area contributed by atoms with Gasteiger partial charge in [-0.05, 0) is 40.2 Å². The molecule has 0 heterocycles. The number of rotatable bonds is 7. The Kier molecular flexibility index (Phi) is 11.8. The van der Waals surface area contributed by atoms with Crippen LogP contribution in [0.4, 0.5) is 4.79 Å². The Morgan fingerprint density at radius 2 is 1.65 bits per heavy atom. The Morgan fingerprint density at radius 1 is 1.12 bits per heavy atom. The average Bonchev–Trinajstić information content (AvgIpc) is 2.13. The summed E-state index contributed by atoms with van der Waals surface area (Å²) in [4.78, 5) is 11.2. The molecule has 17 heavy (non-hydrogen) atoms. The molecular formula is C12H27ClN2O2. The second-order valence-electron chi connectivity index (χ2n) is 4.99. The van der Waals surface area contributed by atoms with Crippen LogP contribution in [0, 0.1) is 0 Å². The van der Waals surface area contributed by atoms with Gasteiger partial charge in [-0.2, -0.15) is 0 Å². The minimum Gasteiger partial charge on any atom is -0.444 e. The first-order valence-corrected chi connectivity index (χ1v) is 6.12. The van der Waals surface area contributed by atoms with E-state index in [0.29, 0.717) is 6.54 Å². The molecule has 0 bridgehead atoms. The summed E-state index contributed by atoms with van der Waals surface area (Å²) in [6.07, 6.45) is 5.28. The molecule has 0 unspecified atom stereocenters. The Bertz CT molecular complexity index is 193. The number of carbonyl (C=O) groups excluding carboxylic acids is 1. The van der Waals surface area contributed by atoms with Crippen LogP contribution in [0.25, 0.3) is 0 Å². The molecule has 3 N–H and O–H groups in total. The highest BCUT2D eigenvalue weighted by atomic mass is 35.5. The van der Waals surface area contributed by atoms with E-state index in [1.165, 1.54) is 12.8 Å². The molecule has 0 spiro atoms. The number of amides is 1. The van der Waals surface area contributed by atoms with Crippen molar-refractivity contribution in [2.45, 2.75) is 58.5 Å². The molecule has 0 saturated carbocycles. The van der Waals surface area contributed by atoms with Crippen molar-refractivity contribution in [3.8, 4) is 0 Å². The van der Waals surface area contributed by atoms with Gasteiger partial charge in [-0.3, -0.25) is 0 Å². The van der Waals surface area contributed by atoms with Gasteiger partial charge < -0.3 is 15.8 Å². The lowest BCUT2D eigenvalue weighted by Gasteiger charge is -2.19. The molecule has 5 heteroatoms. The van der Waals surface area contributed by atoms with Crippen molar-refractivity contribution in [1.29, 1.82) is 0 Å². The largest absolute Gasteiger partial charge is 0.444 e. The summed E-state index contributed by atoms with van der Waals surface area (Å²) in [5, 5.41) is 2.74. The van der Waals surface area contributed by atoms with E-state index in [4.69, 9.17) is 10.5 Å². The van der Waals surface area contributed by atoms with Crippen LogP contribution in [0.5, 0.6) is 0 Å². The zero-order valence-corrected chi connectivity index (χ0v) is 12.1. The Labute approximate surface area is 111 Å². The lowest BCUT2D eigenvalue weighted by molar-refractivity contribution is 0.0527. The van der Waals surface area contributed by atoms with Gasteiger partial charge in [0.25, 0.3) is 0 Å². The molecule has 104 valence electrons. The predicted octanol–water partition coefficient (Wildman–Crippen LogP) is 2.84. The fourth-order valence-electron chi connectivity index (χ4n) is 1.30. The maximum atomic E-state index is 11.2. The molecule has 0 fully saturated rings. The van der Waals surface area contributed by atoms with Crippen LogP contribution in [0.15, 0.2) is 0 Å². The predicted molar refractivity (Wildman–Crippen MR) is 73.6 cm³/mol. The number of ether oxygens (including phenoxy) is 1. The van der Waals surface area contributed by atoms with E-state index >= 15 is 0 Å². The highest BCUT2D eigenvalue weighted by Crippen LogP contribution is 2.06. The summed E-state index contributed by atoms with van der Waals surface area (Å²) in [6, 6.07) is 0. The fraction of sp³-hybridized carbons (Fsp3) is 0.917. The Balaban J connectivity index is 0. The standard InChI is InChI=1S/C12H26N2O2.ClH/c1-12(2,3)16-11(15)14-10-8-6-4-5-7-9-13;/h4-10,13H2,1-3H3,(H,14,15);1H. The molecule has 1 amide bonds. The van der Waals surface area contributed by atoms with E-state index in [2.05, 4.69) is 5.32 Å². The fourth-order valence-corrected chi connectivity index (χ4v) is 1.30. The van der Waals surface area contributed by atoms with E-state index in [0.717, 1.165) is 25.8 Å². The zero-order valence-electron chi connectivity index (χ0n) is 11.3. The number of alkyl carbamates (subject to hydrolysis) is 1. The monoisotopic (exact) mass is 266 g/mol. The van der Waals surface area contributed by atoms with Crippen LogP contribution in [-0.4, -0.2) is 24.8 Å². The molecule has 4 nitrogen and oxygen atoms in total. The number of halogens is 1. The maximum Gasteiger partial charge on any atom is 0.407 e. The highest BCUT2D eigenvalue weighted by Gasteiger charge is 2.15. The van der Waals surface area contributed by atoms with Gasteiger partial charge in [-0.15, -0.1) is 12.4 Å². The lowest BCUT2D eigenvalue weighted by Crippen LogP contribution is -2.32. The summed E-state index contributed by atoms with van der Waals surface area (Å²) >= 11 is 0. The van der Waals surface area contributed by atoms with Gasteiger partial charge in [0.15, 0.2) is 0 Å². The van der Waals surface area contributed by atoms with Crippen LogP contribution < -0.4 is 11.1 Å². The van der Waals surface area contributed by atoms with Crippen LogP contribution >= 0.6 is 12.4 Å². The number of hydrogen-bond acceptors (Lipinski definition) is 3. The molecule has 0 aliphatic carbocycles. The van der Waals surface area contributed by atoms with Gasteiger partial charge in [-0.25, -0.2) is 4.79 Å². The molecule has 0 aromatic heterocycles. The van der Waals surface area contributed by atoms with Crippen LogP contribution in [-0.2, 0) is 4.74 Å². The number of unbranched alkanes of at least 4 members (excludes halogenated alkanes) is 4. The van der Waals surface area contributed by atoms with E-state index in [1.807, 2.05) is 20.8 Å². The van der Waals surface area contributed by atoms with Crippen molar-refractivity contribution in [3.05, 3.63) is 0 Å². The second kappa shape index (κ2) is 10.7. The van der Waals surface area contributed by atoms with Gasteiger partial charge >= 0.3 is 6.09 Å². The van der Waals surface area contributed by atoms with Crippen LogP contribution in [0.3, 0.4) is 0 Å². The Hall–Kier alpha value is -0.480. The molecule has 0 aromatic rings. The lowest BCUT2D eigenvalue weighted by atomic mass is 10.1. The molecule has 0 aliphatic rings. The minimum absolute atomic E-state index is 0. The molecule has 0 saturated heterocycles. The van der Waals surface area contributed by atoms with Gasteiger partial charge in [0.05, 0.1) is 0 Å². The number of hydrogen-bond donors (Lipinski definition) is 2. The first-order valence-electron chi connectivity index (χ1n) is 6.12. The summed E-state index contributed by atoms with van der Waals surface area (Å²) in [5.41, 5.74) is 4.98. The van der Waals surface area contributed by atoms with E-state index < -0.39 is 5.60 Å². The quantitative estimate of drug-likeness (QED) is 0.697. The average molecular weight is 267 g/mol. The number of nitrogens with one attached hydrogen (secondary N) is 1. The highest BCUT2D eigenvalue weighted by molar-refractivity contribution is 5.85. The molecule has 0 rings (SSSR count). The smallest absolute Gasteiger partial charge is 0.407 e. The molecular weight excluding hydrogens is 240 g/mol. The van der Waals surface area contributed by atoms with Gasteiger partial charge in [0.1, 0.15) is 5.60 Å². The van der Waals surface area contributed by atoms with Gasteiger partial charge in [0, 0.05) is 6.54 Å². The Morgan fingerprint density at radius 3 is 2.18 bits per heavy atom. The first kappa shape index (κ1) is 18.9. The van der Waals surface area contributed by atoms with E-state index in [9.17, 15) is 4.79 Å². The number of nitrogens with two attached hydrogens (primary N) is 1. The van der Waals surface area contributed by atoms with Crippen molar-refractivity contribution in [3.63, 3.8) is 0 Å². The summed E-state index contributed by atoms with van der Waals surface area (Å²) in [7, 11) is 0. The third kappa shape index (κ3) is 15.5. The van der Waals surface area contributed by atoms with Crippen molar-refractivity contribution in [2.75, 3.05) is 13.1 Å². The SMILES string of the molecule is CC(C)(C)OC(=O)NCCCCCCCN.Cl. The van der Waals surface area contributed by atoms with Gasteiger partial charge in [-0.1, -0.05) is 19.3 Å². The number of carbonyl (C=O) groups is 1. The third-order valence-electron chi connectivity index (χ3n) is 2.05. The summed E-state index contributed by atoms with van der Waals surface area (Å²) in [6.45, 7) is 7.05. The molecule has 0 aliphatic heterocycles. The molecule has 0 radical (unpaired) electrons. The van der Waals surface area contributed by atoms with Crippen LogP contribution in [0.1, 0.15) is 52.9 Å². The summed E-state index contributed by atoms with van der Waals surface area (Å²) < 4.78 is 5.12. The molecule has 0 atom stereocenters. The minimum atomic E-state index is -0.411. The summed E-state index contributed by atoms with van der Waals surface area (Å²) in [5.74, 6) is 0. The van der Waals surface area contributed by atoms with E-state index in [-0.39, 0.29) is 18.5 Å². The first-order chi connectivity index (χ1) is 7.45. The van der Waals surface area contributed by atoms with Gasteiger partial charge in [0.2, 0.25) is 0 Å². The second-order valence-corrected chi connectivity index (χ2v) is 4.99. The topological polar surface area (TPSA) is 64.3 Å². The van der Waals surface area contributed by atoms with E-state index in [1.54, 1.807) is 0 Å². The normalized spacial score (nSPS) is 10.6. The van der Waals surface area contributed by atoms with Crippen molar-refractivity contribution < 1.29 is 9.53 Å². The van der Waals surface area contributed by atoms with Crippen molar-refractivity contribution >= 4 is 18.5 Å². The zero-order chi connectivity index (χ0) is 12.4. The maximum absolute atomic E-state index is 11.2. The van der Waals surface area contributed by atoms with Crippen molar-refractivity contribution in [1.82, 2.24) is 5.32 Å².